The van der Waals surface area contributed by atoms with Crippen LogP contribution in [0.15, 0.2) is 6.20 Å². The lowest BCUT2D eigenvalue weighted by Crippen LogP contribution is -2.49. The zero-order valence-electron chi connectivity index (χ0n) is 21.8. The Morgan fingerprint density at radius 1 is 1.03 bits per heavy atom. The van der Waals surface area contributed by atoms with Gasteiger partial charge < -0.3 is 19.3 Å². The highest BCUT2D eigenvalue weighted by Crippen LogP contribution is 2.39. The third-order valence-electron chi connectivity index (χ3n) is 8.44. The van der Waals surface area contributed by atoms with Crippen LogP contribution < -0.4 is 4.90 Å². The SMILES string of the molecule is CC1CN(c2c(Cl)cnc3c2CCN(C(=O)C2CC2)C3)CCC1C(=O)N1CCn2c(nnc2CC(F)(F)F)C1. The number of halogens is 4. The average molecular weight is 566 g/mol. The number of alkyl halides is 3. The minimum Gasteiger partial charge on any atom is -0.370 e. The first-order valence-electron chi connectivity index (χ1n) is 13.6. The first-order valence-corrected chi connectivity index (χ1v) is 13.9. The second-order valence-corrected chi connectivity index (χ2v) is 11.6. The molecule has 0 aromatic carbocycles. The maximum absolute atomic E-state index is 13.5. The zero-order chi connectivity index (χ0) is 27.5. The molecule has 6 rings (SSSR count). The van der Waals surface area contributed by atoms with Crippen LogP contribution in [0.25, 0.3) is 0 Å². The molecule has 39 heavy (non-hydrogen) atoms. The summed E-state index contributed by atoms with van der Waals surface area (Å²) in [5.41, 5.74) is 2.94. The minimum absolute atomic E-state index is 0.00542. The molecular weight excluding hydrogens is 535 g/mol. The molecule has 0 bridgehead atoms. The topological polar surface area (TPSA) is 87.5 Å². The first-order chi connectivity index (χ1) is 18.6. The highest BCUT2D eigenvalue weighted by molar-refractivity contribution is 6.33. The Bertz CT molecular complexity index is 1300. The number of piperidine rings is 1. The molecule has 0 radical (unpaired) electrons. The number of aromatic nitrogens is 4. The summed E-state index contributed by atoms with van der Waals surface area (Å²) in [6.45, 7) is 5.28. The molecule has 3 aliphatic heterocycles. The van der Waals surface area contributed by atoms with Crippen molar-refractivity contribution >= 4 is 29.1 Å². The Balaban J connectivity index is 1.12. The van der Waals surface area contributed by atoms with Crippen LogP contribution in [0.2, 0.25) is 5.02 Å². The summed E-state index contributed by atoms with van der Waals surface area (Å²) < 4.78 is 40.0. The van der Waals surface area contributed by atoms with Gasteiger partial charge in [0.25, 0.3) is 0 Å². The number of fused-ring (bicyclic) bond motifs is 2. The number of amides is 2. The standard InChI is InChI=1S/C26H31ClF3N7O2/c1-15-12-34(23-18-5-7-35(24(38)16-2-3-16)13-20(18)31-11-19(23)27)6-4-17(15)25(39)36-8-9-37-21(10-26(28,29)30)32-33-22(37)14-36/h11,15-17H,2-10,12-14H2,1H3. The molecule has 13 heteroatoms. The maximum atomic E-state index is 13.5. The third-order valence-corrected chi connectivity index (χ3v) is 8.72. The Morgan fingerprint density at radius 3 is 2.51 bits per heavy atom. The van der Waals surface area contributed by atoms with Crippen molar-refractivity contribution in [3.8, 4) is 0 Å². The molecule has 2 fully saturated rings. The minimum atomic E-state index is -4.36. The molecule has 2 unspecified atom stereocenters. The molecule has 2 atom stereocenters. The van der Waals surface area contributed by atoms with Gasteiger partial charge in [0, 0.05) is 56.3 Å². The number of rotatable bonds is 4. The predicted octanol–water partition coefficient (Wildman–Crippen LogP) is 3.23. The molecule has 1 saturated heterocycles. The van der Waals surface area contributed by atoms with E-state index in [-0.39, 0.29) is 48.5 Å². The second-order valence-electron chi connectivity index (χ2n) is 11.2. The molecule has 2 aromatic heterocycles. The van der Waals surface area contributed by atoms with E-state index in [2.05, 4.69) is 27.0 Å². The van der Waals surface area contributed by atoms with Crippen molar-refractivity contribution in [3.05, 3.63) is 34.1 Å². The van der Waals surface area contributed by atoms with Crippen molar-refractivity contribution < 1.29 is 22.8 Å². The van der Waals surface area contributed by atoms with Gasteiger partial charge >= 0.3 is 6.18 Å². The van der Waals surface area contributed by atoms with Crippen LogP contribution in [0.5, 0.6) is 0 Å². The predicted molar refractivity (Wildman–Crippen MR) is 136 cm³/mol. The van der Waals surface area contributed by atoms with Gasteiger partial charge in [0.2, 0.25) is 11.8 Å². The van der Waals surface area contributed by atoms with Crippen LogP contribution in [0.1, 0.15) is 49.1 Å². The molecular formula is C26H31ClF3N7O2. The molecule has 0 N–H and O–H groups in total. The van der Waals surface area contributed by atoms with Crippen LogP contribution in [0.3, 0.4) is 0 Å². The number of hydrogen-bond donors (Lipinski definition) is 0. The zero-order valence-corrected chi connectivity index (χ0v) is 22.5. The molecule has 2 aromatic rings. The number of hydrogen-bond acceptors (Lipinski definition) is 6. The second kappa shape index (κ2) is 9.94. The summed E-state index contributed by atoms with van der Waals surface area (Å²) in [7, 11) is 0. The summed E-state index contributed by atoms with van der Waals surface area (Å²) in [4.78, 5) is 36.5. The van der Waals surface area contributed by atoms with Gasteiger partial charge in [0.1, 0.15) is 12.2 Å². The molecule has 1 aliphatic carbocycles. The van der Waals surface area contributed by atoms with Gasteiger partial charge in [0.05, 0.1) is 29.5 Å². The number of carbonyl (C=O) groups excluding carboxylic acids is 2. The van der Waals surface area contributed by atoms with Crippen molar-refractivity contribution in [3.63, 3.8) is 0 Å². The highest BCUT2D eigenvalue weighted by atomic mass is 35.5. The van der Waals surface area contributed by atoms with Crippen molar-refractivity contribution in [2.45, 2.75) is 64.8 Å². The van der Waals surface area contributed by atoms with Gasteiger partial charge in [-0.2, -0.15) is 13.2 Å². The van der Waals surface area contributed by atoms with Gasteiger partial charge in [-0.25, -0.2) is 0 Å². The summed E-state index contributed by atoms with van der Waals surface area (Å²) in [5.74, 6) is 0.531. The van der Waals surface area contributed by atoms with E-state index in [4.69, 9.17) is 11.6 Å². The first kappa shape index (κ1) is 26.3. The number of nitrogens with zero attached hydrogens (tertiary/aromatic N) is 7. The number of carbonyl (C=O) groups is 2. The largest absolute Gasteiger partial charge is 0.396 e. The van der Waals surface area contributed by atoms with Gasteiger partial charge in [-0.1, -0.05) is 18.5 Å². The van der Waals surface area contributed by atoms with E-state index in [1.54, 1.807) is 11.1 Å². The number of anilines is 1. The summed E-state index contributed by atoms with van der Waals surface area (Å²) >= 11 is 6.67. The average Bonchev–Trinajstić information content (AvgIpc) is 3.68. The van der Waals surface area contributed by atoms with Crippen LogP contribution in [-0.2, 0) is 42.1 Å². The Kier molecular flexibility index (Phi) is 6.71. The molecule has 1 saturated carbocycles. The van der Waals surface area contributed by atoms with Gasteiger partial charge in [-0.15, -0.1) is 10.2 Å². The Labute approximate surface area is 229 Å². The molecule has 5 heterocycles. The fourth-order valence-electron chi connectivity index (χ4n) is 6.24. The van der Waals surface area contributed by atoms with E-state index in [0.717, 1.165) is 29.8 Å². The van der Waals surface area contributed by atoms with Crippen LogP contribution in [0, 0.1) is 17.8 Å². The van der Waals surface area contributed by atoms with Crippen LogP contribution in [-0.4, -0.2) is 73.7 Å². The summed E-state index contributed by atoms with van der Waals surface area (Å²) in [5, 5.41) is 8.24. The quantitative estimate of drug-likeness (QED) is 0.566. The van der Waals surface area contributed by atoms with E-state index >= 15 is 0 Å². The van der Waals surface area contributed by atoms with Gasteiger partial charge in [-0.05, 0) is 31.6 Å². The van der Waals surface area contributed by atoms with Crippen LogP contribution in [0.4, 0.5) is 18.9 Å². The molecule has 4 aliphatic rings. The lowest BCUT2D eigenvalue weighted by atomic mass is 9.85. The van der Waals surface area contributed by atoms with E-state index in [1.165, 1.54) is 4.57 Å². The fraction of sp³-hybridized carbons (Fsp3) is 0.654. The van der Waals surface area contributed by atoms with Crippen molar-refractivity contribution in [1.29, 1.82) is 0 Å². The third kappa shape index (κ3) is 5.19. The lowest BCUT2D eigenvalue weighted by Gasteiger charge is -2.42. The smallest absolute Gasteiger partial charge is 0.370 e. The Hall–Kier alpha value is -2.89. The monoisotopic (exact) mass is 565 g/mol. The van der Waals surface area contributed by atoms with E-state index < -0.39 is 12.6 Å². The van der Waals surface area contributed by atoms with Crippen molar-refractivity contribution in [2.24, 2.45) is 17.8 Å². The lowest BCUT2D eigenvalue weighted by molar-refractivity contribution is -0.139. The van der Waals surface area contributed by atoms with Crippen LogP contribution >= 0.6 is 11.6 Å². The van der Waals surface area contributed by atoms with Crippen molar-refractivity contribution in [1.82, 2.24) is 29.5 Å². The van der Waals surface area contributed by atoms with Gasteiger partial charge in [0.15, 0.2) is 5.82 Å². The fourth-order valence-corrected chi connectivity index (χ4v) is 6.53. The molecule has 0 spiro atoms. The maximum Gasteiger partial charge on any atom is 0.396 e. The molecule has 2 amide bonds. The molecule has 210 valence electrons. The normalized spacial score (nSPS) is 23.5. The highest BCUT2D eigenvalue weighted by Gasteiger charge is 2.39. The van der Waals surface area contributed by atoms with E-state index in [1.807, 2.05) is 4.90 Å². The summed E-state index contributed by atoms with van der Waals surface area (Å²) in [6.07, 6.45) is -0.520. The van der Waals surface area contributed by atoms with E-state index in [0.29, 0.717) is 56.4 Å². The molecule has 9 nitrogen and oxygen atoms in total. The van der Waals surface area contributed by atoms with Gasteiger partial charge in [-0.3, -0.25) is 14.6 Å². The van der Waals surface area contributed by atoms with Crippen molar-refractivity contribution in [2.75, 3.05) is 31.1 Å². The van der Waals surface area contributed by atoms with E-state index in [9.17, 15) is 22.8 Å². The summed E-state index contributed by atoms with van der Waals surface area (Å²) in [6, 6.07) is 0. The Morgan fingerprint density at radius 2 is 1.79 bits per heavy atom. The number of pyridine rings is 1.